The van der Waals surface area contributed by atoms with E-state index in [1.165, 1.54) is 0 Å². The molecule has 0 aliphatic carbocycles. The normalized spacial score (nSPS) is 11.5. The van der Waals surface area contributed by atoms with E-state index in [1.54, 1.807) is 23.1 Å². The predicted molar refractivity (Wildman–Crippen MR) is 91.6 cm³/mol. The van der Waals surface area contributed by atoms with Crippen molar-refractivity contribution in [3.63, 3.8) is 0 Å². The Hall–Kier alpha value is -1.69. The van der Waals surface area contributed by atoms with E-state index >= 15 is 0 Å². The Morgan fingerprint density at radius 2 is 1.70 bits per heavy atom. The summed E-state index contributed by atoms with van der Waals surface area (Å²) in [5.41, 5.74) is 8.16. The molecule has 2 N–H and O–H groups in total. The molecule has 0 amide bonds. The predicted octanol–water partition coefficient (Wildman–Crippen LogP) is 5.03. The van der Waals surface area contributed by atoms with Crippen LogP contribution in [0.2, 0.25) is 0 Å². The number of halogens is 4. The lowest BCUT2D eigenvalue weighted by Gasteiger charge is -2.27. The minimum absolute atomic E-state index is 0.109. The van der Waals surface area contributed by atoms with E-state index in [2.05, 4.69) is 15.9 Å². The third-order valence-electron chi connectivity index (χ3n) is 3.51. The first-order chi connectivity index (χ1) is 10.8. The van der Waals surface area contributed by atoms with Gasteiger partial charge >= 0.3 is 6.18 Å². The molecule has 0 atom stereocenters. The van der Waals surface area contributed by atoms with Gasteiger partial charge in [0.15, 0.2) is 0 Å². The van der Waals surface area contributed by atoms with Crippen LogP contribution in [0.3, 0.4) is 0 Å². The summed E-state index contributed by atoms with van der Waals surface area (Å²) in [4.78, 5) is 1.70. The zero-order chi connectivity index (χ0) is 16.9. The monoisotopic (exact) mass is 386 g/mol. The van der Waals surface area contributed by atoms with Crippen molar-refractivity contribution in [2.75, 3.05) is 23.7 Å². The van der Waals surface area contributed by atoms with E-state index in [0.717, 1.165) is 10.0 Å². The van der Waals surface area contributed by atoms with Crippen molar-refractivity contribution < 1.29 is 13.2 Å². The summed E-state index contributed by atoms with van der Waals surface area (Å²) in [5.74, 6) is 0. The van der Waals surface area contributed by atoms with Crippen molar-refractivity contribution >= 4 is 27.3 Å². The zero-order valence-corrected chi connectivity index (χ0v) is 14.1. The fourth-order valence-corrected chi connectivity index (χ4v) is 2.72. The maximum absolute atomic E-state index is 12.6. The molecule has 124 valence electrons. The standard InChI is InChI=1S/C17H18BrF3N2/c18-14-6-7-16(15(22)12-14)23(11-9-17(19,20)21)10-8-13-4-2-1-3-5-13/h1-7,12H,8-11,22H2. The average Bonchev–Trinajstić information content (AvgIpc) is 2.48. The third-order valence-corrected chi connectivity index (χ3v) is 4.00. The maximum Gasteiger partial charge on any atom is 0.390 e. The molecule has 0 aliphatic heterocycles. The Morgan fingerprint density at radius 3 is 2.30 bits per heavy atom. The SMILES string of the molecule is Nc1cc(Br)ccc1N(CCc1ccccc1)CCC(F)(F)F. The molecule has 0 heterocycles. The van der Waals surface area contributed by atoms with Crippen LogP contribution in [0.1, 0.15) is 12.0 Å². The molecular weight excluding hydrogens is 369 g/mol. The van der Waals surface area contributed by atoms with Crippen molar-refractivity contribution in [1.29, 1.82) is 0 Å². The zero-order valence-electron chi connectivity index (χ0n) is 12.5. The molecule has 0 saturated heterocycles. The molecule has 0 spiro atoms. The van der Waals surface area contributed by atoms with Crippen LogP contribution in [0, 0.1) is 0 Å². The van der Waals surface area contributed by atoms with Crippen LogP contribution in [-0.4, -0.2) is 19.3 Å². The van der Waals surface area contributed by atoms with E-state index in [4.69, 9.17) is 5.73 Å². The van der Waals surface area contributed by atoms with Gasteiger partial charge in [-0.2, -0.15) is 13.2 Å². The summed E-state index contributed by atoms with van der Waals surface area (Å²) in [5, 5.41) is 0. The number of nitrogens with two attached hydrogens (primary N) is 1. The Kier molecular flexibility index (Phi) is 5.93. The number of benzene rings is 2. The number of anilines is 2. The van der Waals surface area contributed by atoms with E-state index in [-0.39, 0.29) is 6.54 Å². The van der Waals surface area contributed by atoms with Gasteiger partial charge in [-0.3, -0.25) is 0 Å². The van der Waals surface area contributed by atoms with Crippen molar-refractivity contribution in [3.05, 3.63) is 58.6 Å². The molecule has 0 unspecified atom stereocenters. The fourth-order valence-electron chi connectivity index (χ4n) is 2.34. The summed E-state index contributed by atoms with van der Waals surface area (Å²) in [7, 11) is 0. The first kappa shape index (κ1) is 17.7. The molecule has 0 saturated carbocycles. The number of alkyl halides is 3. The van der Waals surface area contributed by atoms with Crippen LogP contribution in [0.4, 0.5) is 24.5 Å². The first-order valence-corrected chi connectivity index (χ1v) is 8.05. The van der Waals surface area contributed by atoms with Gasteiger partial charge in [-0.1, -0.05) is 46.3 Å². The second-order valence-corrected chi connectivity index (χ2v) is 6.21. The lowest BCUT2D eigenvalue weighted by Crippen LogP contribution is -2.30. The molecule has 0 fully saturated rings. The van der Waals surface area contributed by atoms with Gasteiger partial charge in [0.1, 0.15) is 0 Å². The molecule has 23 heavy (non-hydrogen) atoms. The van der Waals surface area contributed by atoms with Crippen molar-refractivity contribution in [3.8, 4) is 0 Å². The molecule has 0 aromatic heterocycles. The Balaban J connectivity index is 2.13. The highest BCUT2D eigenvalue weighted by atomic mass is 79.9. The van der Waals surface area contributed by atoms with E-state index in [1.807, 2.05) is 30.3 Å². The minimum Gasteiger partial charge on any atom is -0.397 e. The van der Waals surface area contributed by atoms with Gasteiger partial charge in [-0.15, -0.1) is 0 Å². The number of rotatable bonds is 6. The highest BCUT2D eigenvalue weighted by Gasteiger charge is 2.28. The van der Waals surface area contributed by atoms with Crippen LogP contribution >= 0.6 is 15.9 Å². The molecule has 6 heteroatoms. The fraction of sp³-hybridized carbons (Fsp3) is 0.294. The number of nitrogens with zero attached hydrogens (tertiary/aromatic N) is 1. The van der Waals surface area contributed by atoms with Crippen LogP contribution in [0.5, 0.6) is 0 Å². The van der Waals surface area contributed by atoms with Gasteiger partial charge in [0.05, 0.1) is 17.8 Å². The van der Waals surface area contributed by atoms with E-state index in [0.29, 0.717) is 24.3 Å². The molecule has 2 aromatic carbocycles. The van der Waals surface area contributed by atoms with Crippen LogP contribution in [0.15, 0.2) is 53.0 Å². The number of nitrogen functional groups attached to an aromatic ring is 1. The quantitative estimate of drug-likeness (QED) is 0.705. The molecule has 2 aromatic rings. The van der Waals surface area contributed by atoms with Crippen molar-refractivity contribution in [2.24, 2.45) is 0 Å². The van der Waals surface area contributed by atoms with Crippen LogP contribution < -0.4 is 10.6 Å². The van der Waals surface area contributed by atoms with Gasteiger partial charge in [0, 0.05) is 17.6 Å². The van der Waals surface area contributed by atoms with Gasteiger partial charge in [0.25, 0.3) is 0 Å². The third kappa shape index (κ3) is 5.78. The van der Waals surface area contributed by atoms with Gasteiger partial charge in [-0.05, 0) is 30.2 Å². The molecular formula is C17H18BrF3N2. The summed E-state index contributed by atoms with van der Waals surface area (Å²) in [6, 6.07) is 14.9. The summed E-state index contributed by atoms with van der Waals surface area (Å²) < 4.78 is 38.6. The van der Waals surface area contributed by atoms with Crippen molar-refractivity contribution in [1.82, 2.24) is 0 Å². The topological polar surface area (TPSA) is 29.3 Å². The average molecular weight is 387 g/mol. The van der Waals surface area contributed by atoms with E-state index in [9.17, 15) is 13.2 Å². The summed E-state index contributed by atoms with van der Waals surface area (Å²) in [6.07, 6.45) is -4.39. The van der Waals surface area contributed by atoms with Crippen LogP contribution in [-0.2, 0) is 6.42 Å². The highest BCUT2D eigenvalue weighted by Crippen LogP contribution is 2.29. The second kappa shape index (κ2) is 7.73. The molecule has 0 bridgehead atoms. The Labute approximate surface area is 142 Å². The summed E-state index contributed by atoms with van der Waals surface area (Å²) >= 11 is 3.31. The van der Waals surface area contributed by atoms with Crippen LogP contribution in [0.25, 0.3) is 0 Å². The van der Waals surface area contributed by atoms with Gasteiger partial charge in [-0.25, -0.2) is 0 Å². The summed E-state index contributed by atoms with van der Waals surface area (Å²) in [6.45, 7) is 0.369. The largest absolute Gasteiger partial charge is 0.397 e. The molecule has 2 rings (SSSR count). The van der Waals surface area contributed by atoms with Gasteiger partial charge < -0.3 is 10.6 Å². The molecule has 0 aliphatic rings. The maximum atomic E-state index is 12.6. The number of hydrogen-bond acceptors (Lipinski definition) is 2. The first-order valence-electron chi connectivity index (χ1n) is 7.26. The Bertz CT molecular complexity index is 629. The minimum atomic E-state index is -4.19. The lowest BCUT2D eigenvalue weighted by atomic mass is 10.1. The molecule has 2 nitrogen and oxygen atoms in total. The van der Waals surface area contributed by atoms with E-state index < -0.39 is 12.6 Å². The highest BCUT2D eigenvalue weighted by molar-refractivity contribution is 9.10. The number of hydrogen-bond donors (Lipinski definition) is 1. The second-order valence-electron chi connectivity index (χ2n) is 5.29. The molecule has 0 radical (unpaired) electrons. The smallest absolute Gasteiger partial charge is 0.390 e. The lowest BCUT2D eigenvalue weighted by molar-refractivity contribution is -0.132. The Morgan fingerprint density at radius 1 is 1.00 bits per heavy atom. The van der Waals surface area contributed by atoms with Gasteiger partial charge in [0.2, 0.25) is 0 Å². The van der Waals surface area contributed by atoms with Crippen molar-refractivity contribution in [2.45, 2.75) is 19.0 Å².